The van der Waals surface area contributed by atoms with E-state index in [9.17, 15) is 24.3 Å². The quantitative estimate of drug-likeness (QED) is 0.580. The van der Waals surface area contributed by atoms with Crippen LogP contribution < -0.4 is 11.1 Å². The average molecular weight is 375 g/mol. The van der Waals surface area contributed by atoms with Crippen molar-refractivity contribution in [3.63, 3.8) is 0 Å². The summed E-state index contributed by atoms with van der Waals surface area (Å²) in [5.74, 6) is -1.49. The molecule has 140 valence electrons. The van der Waals surface area contributed by atoms with Crippen molar-refractivity contribution in [1.82, 2.24) is 10.2 Å². The number of carbonyl (C=O) groups excluding carboxylic acids is 3. The molecule has 0 aromatic heterocycles. The smallest absolute Gasteiger partial charge is 0.408 e. The molecular weight excluding hydrogens is 354 g/mol. The fourth-order valence-electron chi connectivity index (χ4n) is 2.55. The van der Waals surface area contributed by atoms with E-state index in [4.69, 9.17) is 10.5 Å². The Labute approximate surface area is 148 Å². The molecule has 3 atom stereocenters. The van der Waals surface area contributed by atoms with E-state index < -0.39 is 47.7 Å². The molecule has 11 heteroatoms. The Hall–Kier alpha value is -2.17. The zero-order chi connectivity index (χ0) is 19.0. The van der Waals surface area contributed by atoms with Gasteiger partial charge in [0.2, 0.25) is 5.91 Å². The molecule has 0 aromatic rings. The van der Waals surface area contributed by atoms with Crippen LogP contribution in [0.25, 0.3) is 0 Å². The van der Waals surface area contributed by atoms with Crippen molar-refractivity contribution in [2.24, 2.45) is 11.1 Å². The van der Waals surface area contributed by atoms with Crippen LogP contribution in [0.15, 0.2) is 0 Å². The van der Waals surface area contributed by atoms with Crippen LogP contribution in [0.1, 0.15) is 20.8 Å². The normalized spacial score (nSPS) is 28.4. The predicted molar refractivity (Wildman–Crippen MR) is 86.7 cm³/mol. The first kappa shape index (κ1) is 19.2. The molecular formula is C14H21N3O7S. The van der Waals surface area contributed by atoms with E-state index in [1.165, 1.54) is 16.7 Å². The fraction of sp³-hybridized carbons (Fsp3) is 0.714. The summed E-state index contributed by atoms with van der Waals surface area (Å²) < 4.78 is 9.77. The molecule has 0 spiro atoms. The van der Waals surface area contributed by atoms with Gasteiger partial charge in [0.1, 0.15) is 29.0 Å². The van der Waals surface area contributed by atoms with Crippen molar-refractivity contribution >= 4 is 35.8 Å². The maximum atomic E-state index is 12.3. The highest BCUT2D eigenvalue weighted by Gasteiger charge is 2.58. The minimum absolute atomic E-state index is 0.108. The van der Waals surface area contributed by atoms with Gasteiger partial charge in [-0.2, -0.15) is 0 Å². The number of hydrogen-bond acceptors (Lipinski definition) is 7. The molecule has 0 aliphatic carbocycles. The highest BCUT2D eigenvalue weighted by molar-refractivity contribution is 8.00. The lowest BCUT2D eigenvalue weighted by Gasteiger charge is -2.53. The summed E-state index contributed by atoms with van der Waals surface area (Å²) in [5.41, 5.74) is 2.77. The summed E-state index contributed by atoms with van der Waals surface area (Å²) in [6, 6.07) is -0.774. The third-order valence-corrected chi connectivity index (χ3v) is 5.35. The minimum Gasteiger partial charge on any atom is -0.481 e. The Kier molecular flexibility index (Phi) is 5.07. The maximum absolute atomic E-state index is 12.3. The number of primary amides is 1. The molecule has 2 heterocycles. The molecule has 10 nitrogen and oxygen atoms in total. The van der Waals surface area contributed by atoms with E-state index in [2.05, 4.69) is 10.1 Å². The van der Waals surface area contributed by atoms with Crippen molar-refractivity contribution in [3.05, 3.63) is 0 Å². The Balaban J connectivity index is 2.00. The van der Waals surface area contributed by atoms with Gasteiger partial charge in [-0.1, -0.05) is 0 Å². The highest BCUT2D eigenvalue weighted by Crippen LogP contribution is 2.42. The van der Waals surface area contributed by atoms with Crippen LogP contribution in [0.3, 0.4) is 0 Å². The molecule has 2 unspecified atom stereocenters. The fourth-order valence-corrected chi connectivity index (χ4v) is 4.07. The van der Waals surface area contributed by atoms with Gasteiger partial charge in [-0.3, -0.25) is 9.59 Å². The van der Waals surface area contributed by atoms with Gasteiger partial charge in [0.15, 0.2) is 0 Å². The van der Waals surface area contributed by atoms with E-state index >= 15 is 0 Å². The lowest BCUT2D eigenvalue weighted by molar-refractivity contribution is -0.159. The SMILES string of the molecule is CC(C)(C)OC(=O)NC1C(=O)N2CC(COC(N)=O)(C(=O)O)CS[C@H]12. The van der Waals surface area contributed by atoms with E-state index in [-0.39, 0.29) is 17.7 Å². The number of fused-ring (bicyclic) bond motifs is 1. The molecule has 4 N–H and O–H groups in total. The maximum Gasteiger partial charge on any atom is 0.408 e. The number of ether oxygens (including phenoxy) is 2. The number of aliphatic carboxylic acids is 1. The minimum atomic E-state index is -1.43. The number of carbonyl (C=O) groups is 4. The van der Waals surface area contributed by atoms with Gasteiger partial charge < -0.3 is 30.5 Å². The zero-order valence-corrected chi connectivity index (χ0v) is 14.9. The number of carboxylic acids is 1. The molecule has 25 heavy (non-hydrogen) atoms. The summed E-state index contributed by atoms with van der Waals surface area (Å²) in [7, 11) is 0. The standard InChI is InChI=1S/C14H21N3O7S/c1-13(2,3)24-12(22)16-7-8(18)17-4-14(10(19)20,5-23-11(15)21)6-25-9(7)17/h7,9H,4-6H2,1-3H3,(H2,15,21)(H,16,22)(H,19,20)/t7?,9-,14?/m1/s1. The summed E-state index contributed by atoms with van der Waals surface area (Å²) in [6.45, 7) is 4.56. The third kappa shape index (κ3) is 4.09. The van der Waals surface area contributed by atoms with Crippen molar-refractivity contribution in [2.75, 3.05) is 18.9 Å². The second-order valence-electron chi connectivity index (χ2n) is 6.98. The highest BCUT2D eigenvalue weighted by atomic mass is 32.2. The van der Waals surface area contributed by atoms with Gasteiger partial charge in [0.05, 0.1) is 0 Å². The molecule has 2 fully saturated rings. The van der Waals surface area contributed by atoms with Crippen molar-refractivity contribution < 1.29 is 33.8 Å². The van der Waals surface area contributed by atoms with Gasteiger partial charge in [-0.05, 0) is 20.8 Å². The first-order chi connectivity index (χ1) is 11.4. The van der Waals surface area contributed by atoms with Crippen LogP contribution in [0, 0.1) is 5.41 Å². The first-order valence-electron chi connectivity index (χ1n) is 7.52. The van der Waals surface area contributed by atoms with Gasteiger partial charge in [0.25, 0.3) is 0 Å². The third-order valence-electron chi connectivity index (χ3n) is 3.76. The summed E-state index contributed by atoms with van der Waals surface area (Å²) in [4.78, 5) is 47.8. The van der Waals surface area contributed by atoms with Crippen molar-refractivity contribution in [2.45, 2.75) is 37.8 Å². The second kappa shape index (κ2) is 6.62. The van der Waals surface area contributed by atoms with Gasteiger partial charge in [-0.25, -0.2) is 9.59 Å². The topological polar surface area (TPSA) is 148 Å². The van der Waals surface area contributed by atoms with E-state index in [1.54, 1.807) is 20.8 Å². The van der Waals surface area contributed by atoms with Crippen molar-refractivity contribution in [3.8, 4) is 0 Å². The molecule has 3 amide bonds. The van der Waals surface area contributed by atoms with Crippen LogP contribution in [0.2, 0.25) is 0 Å². The Morgan fingerprint density at radius 2 is 2.08 bits per heavy atom. The molecule has 2 saturated heterocycles. The number of alkyl carbamates (subject to hydrolysis) is 1. The molecule has 0 aromatic carbocycles. The molecule has 0 radical (unpaired) electrons. The number of rotatable bonds is 4. The van der Waals surface area contributed by atoms with Crippen molar-refractivity contribution in [1.29, 1.82) is 0 Å². The Morgan fingerprint density at radius 3 is 2.60 bits per heavy atom. The van der Waals surface area contributed by atoms with E-state index in [1.807, 2.05) is 0 Å². The van der Waals surface area contributed by atoms with E-state index in [0.29, 0.717) is 0 Å². The Bertz CT molecular complexity index is 606. The number of nitrogens with two attached hydrogens (primary N) is 1. The summed E-state index contributed by atoms with van der Waals surface area (Å²) in [6.07, 6.45) is -1.79. The average Bonchev–Trinajstić information content (AvgIpc) is 2.48. The monoisotopic (exact) mass is 375 g/mol. The summed E-state index contributed by atoms with van der Waals surface area (Å²) in [5, 5.41) is 11.6. The van der Waals surface area contributed by atoms with Gasteiger partial charge >= 0.3 is 18.2 Å². The largest absolute Gasteiger partial charge is 0.481 e. The number of thioether (sulfide) groups is 1. The number of nitrogens with zero attached hydrogens (tertiary/aromatic N) is 1. The van der Waals surface area contributed by atoms with Crippen LogP contribution >= 0.6 is 11.8 Å². The van der Waals surface area contributed by atoms with Crippen LogP contribution in [0.4, 0.5) is 9.59 Å². The Morgan fingerprint density at radius 1 is 1.44 bits per heavy atom. The van der Waals surface area contributed by atoms with E-state index in [0.717, 1.165) is 0 Å². The van der Waals surface area contributed by atoms with Crippen LogP contribution in [-0.4, -0.2) is 70.0 Å². The number of nitrogens with one attached hydrogen (secondary N) is 1. The molecule has 2 aliphatic heterocycles. The number of β-lactam (4-membered cyclic amide) rings is 1. The zero-order valence-electron chi connectivity index (χ0n) is 14.1. The second-order valence-corrected chi connectivity index (χ2v) is 8.09. The lowest BCUT2D eigenvalue weighted by atomic mass is 9.88. The molecule has 0 saturated carbocycles. The predicted octanol–water partition coefficient (Wildman–Crippen LogP) is -0.0389. The summed E-state index contributed by atoms with van der Waals surface area (Å²) >= 11 is 1.19. The van der Waals surface area contributed by atoms with Gasteiger partial charge in [-0.15, -0.1) is 11.8 Å². The molecule has 2 aliphatic rings. The van der Waals surface area contributed by atoms with Crippen LogP contribution in [0.5, 0.6) is 0 Å². The number of hydrogen-bond donors (Lipinski definition) is 3. The molecule has 2 rings (SSSR count). The number of carboxylic acid groups (broad SMARTS) is 1. The number of amides is 3. The van der Waals surface area contributed by atoms with Crippen LogP contribution in [-0.2, 0) is 19.1 Å². The first-order valence-corrected chi connectivity index (χ1v) is 8.57. The lowest BCUT2D eigenvalue weighted by Crippen LogP contribution is -2.74. The molecule has 0 bridgehead atoms. The van der Waals surface area contributed by atoms with Gasteiger partial charge in [0, 0.05) is 12.3 Å².